The Morgan fingerprint density at radius 2 is 1.93 bits per heavy atom. The first-order chi connectivity index (χ1) is 6.33. The summed E-state index contributed by atoms with van der Waals surface area (Å²) in [7, 11) is 0. The van der Waals surface area contributed by atoms with E-state index in [4.69, 9.17) is 11.6 Å². The molecule has 1 aromatic rings. The molecule has 0 saturated heterocycles. The van der Waals surface area contributed by atoms with Crippen LogP contribution in [0.4, 0.5) is 0 Å². The van der Waals surface area contributed by atoms with Crippen LogP contribution >= 0.6 is 11.6 Å². The first-order valence-electron chi connectivity index (χ1n) is 4.19. The van der Waals surface area contributed by atoms with Gasteiger partial charge in [0.2, 0.25) is 5.91 Å². The third-order valence-electron chi connectivity index (χ3n) is 1.65. The predicted octanol–water partition coefficient (Wildman–Crippen LogP) is 1.28. The van der Waals surface area contributed by atoms with Crippen molar-refractivity contribution in [3.8, 4) is 0 Å². The standard InChI is InChI=1S/C10H12ClNO.Li.H/c11-7-6-10(13)12-8-9-4-2-1-3-5-9;;/h1-5H,6-8H2,(H,12,13);;. The van der Waals surface area contributed by atoms with E-state index in [1.54, 1.807) is 0 Å². The van der Waals surface area contributed by atoms with Crippen LogP contribution in [0.15, 0.2) is 30.3 Å². The molecule has 14 heavy (non-hydrogen) atoms. The van der Waals surface area contributed by atoms with E-state index in [9.17, 15) is 4.79 Å². The summed E-state index contributed by atoms with van der Waals surface area (Å²) in [5, 5.41) is 2.78. The average Bonchev–Trinajstić information content (AvgIpc) is 2.17. The van der Waals surface area contributed by atoms with Crippen molar-refractivity contribution in [2.45, 2.75) is 13.0 Å². The van der Waals surface area contributed by atoms with Crippen LogP contribution in [0.3, 0.4) is 0 Å². The normalized spacial score (nSPS) is 8.93. The number of carbonyl (C=O) groups excluding carboxylic acids is 1. The maximum absolute atomic E-state index is 11.0. The van der Waals surface area contributed by atoms with Gasteiger partial charge in [-0.25, -0.2) is 0 Å². The van der Waals surface area contributed by atoms with Crippen molar-refractivity contribution in [2.24, 2.45) is 0 Å². The van der Waals surface area contributed by atoms with Gasteiger partial charge in [0, 0.05) is 18.8 Å². The molecule has 0 spiro atoms. The summed E-state index contributed by atoms with van der Waals surface area (Å²) in [6, 6.07) is 9.79. The molecule has 0 aromatic heterocycles. The Hall–Kier alpha value is -0.423. The zero-order valence-corrected chi connectivity index (χ0v) is 8.05. The Kier molecular flexibility index (Phi) is 7.69. The van der Waals surface area contributed by atoms with Crippen molar-refractivity contribution in [1.82, 2.24) is 5.32 Å². The Balaban J connectivity index is 0.00000169. The Morgan fingerprint density at radius 1 is 1.29 bits per heavy atom. The van der Waals surface area contributed by atoms with Gasteiger partial charge in [0.25, 0.3) is 0 Å². The van der Waals surface area contributed by atoms with Gasteiger partial charge in [-0.1, -0.05) is 30.3 Å². The molecule has 0 aliphatic heterocycles. The van der Waals surface area contributed by atoms with E-state index in [1.807, 2.05) is 30.3 Å². The molecule has 0 saturated carbocycles. The van der Waals surface area contributed by atoms with Crippen LogP contribution in [0.2, 0.25) is 0 Å². The molecule has 1 N–H and O–H groups in total. The second-order valence-corrected chi connectivity index (χ2v) is 3.08. The molecule has 0 radical (unpaired) electrons. The molecule has 72 valence electrons. The molecule has 1 aromatic carbocycles. The van der Waals surface area contributed by atoms with Crippen LogP contribution in [0.5, 0.6) is 0 Å². The molecule has 2 nitrogen and oxygen atoms in total. The number of hydrogen-bond acceptors (Lipinski definition) is 1. The second-order valence-electron chi connectivity index (χ2n) is 2.70. The van der Waals surface area contributed by atoms with Gasteiger partial charge in [0.05, 0.1) is 0 Å². The van der Waals surface area contributed by atoms with Crippen LogP contribution in [0.1, 0.15) is 12.0 Å². The summed E-state index contributed by atoms with van der Waals surface area (Å²) in [5.74, 6) is 0.375. The van der Waals surface area contributed by atoms with Crippen molar-refractivity contribution in [3.05, 3.63) is 35.9 Å². The molecule has 0 unspecified atom stereocenters. The number of carbonyl (C=O) groups is 1. The van der Waals surface area contributed by atoms with Crippen molar-refractivity contribution in [1.29, 1.82) is 0 Å². The summed E-state index contributed by atoms with van der Waals surface area (Å²) in [6.07, 6.45) is 0.383. The monoisotopic (exact) mass is 205 g/mol. The quantitative estimate of drug-likeness (QED) is 0.583. The Bertz CT molecular complexity index is 266. The number of hydrogen-bond donors (Lipinski definition) is 1. The average molecular weight is 206 g/mol. The van der Waals surface area contributed by atoms with Gasteiger partial charge in [0.1, 0.15) is 0 Å². The Labute approximate surface area is 101 Å². The van der Waals surface area contributed by atoms with Crippen molar-refractivity contribution >= 4 is 36.4 Å². The van der Waals surface area contributed by atoms with Gasteiger partial charge in [-0.15, -0.1) is 11.6 Å². The molecule has 0 bridgehead atoms. The van der Waals surface area contributed by atoms with E-state index in [0.717, 1.165) is 5.56 Å². The molecule has 0 fully saturated rings. The fourth-order valence-corrected chi connectivity index (χ4v) is 1.14. The number of rotatable bonds is 4. The fourth-order valence-electron chi connectivity index (χ4n) is 0.971. The van der Waals surface area contributed by atoms with Crippen molar-refractivity contribution < 1.29 is 4.79 Å². The summed E-state index contributed by atoms with van der Waals surface area (Å²) in [4.78, 5) is 11.0. The molecular formula is C10H13ClLiNO. The van der Waals surface area contributed by atoms with Gasteiger partial charge in [-0.3, -0.25) is 4.79 Å². The van der Waals surface area contributed by atoms with E-state index in [0.29, 0.717) is 18.8 Å². The summed E-state index contributed by atoms with van der Waals surface area (Å²) in [6.45, 7) is 0.580. The van der Waals surface area contributed by atoms with Gasteiger partial charge in [0.15, 0.2) is 0 Å². The molecular weight excluding hydrogens is 193 g/mol. The number of nitrogens with one attached hydrogen (secondary N) is 1. The van der Waals surface area contributed by atoms with E-state index in [-0.39, 0.29) is 24.8 Å². The molecule has 0 heterocycles. The molecule has 1 amide bonds. The maximum atomic E-state index is 11.0. The summed E-state index contributed by atoms with van der Waals surface area (Å²) >= 11 is 5.42. The predicted molar refractivity (Wildman–Crippen MR) is 60.8 cm³/mol. The van der Waals surface area contributed by atoms with E-state index < -0.39 is 0 Å². The van der Waals surface area contributed by atoms with Gasteiger partial charge >= 0.3 is 18.9 Å². The molecule has 0 aliphatic carbocycles. The molecule has 1 rings (SSSR count). The fraction of sp³-hybridized carbons (Fsp3) is 0.300. The van der Waals surface area contributed by atoms with Crippen molar-refractivity contribution in [2.75, 3.05) is 5.88 Å². The van der Waals surface area contributed by atoms with Gasteiger partial charge in [-0.05, 0) is 5.56 Å². The van der Waals surface area contributed by atoms with Crippen LogP contribution in [0.25, 0.3) is 0 Å². The zero-order valence-electron chi connectivity index (χ0n) is 7.29. The van der Waals surface area contributed by atoms with E-state index in [1.165, 1.54) is 0 Å². The number of benzene rings is 1. The first kappa shape index (κ1) is 13.6. The number of alkyl halides is 1. The number of amides is 1. The minimum atomic E-state index is -0.00106. The van der Waals surface area contributed by atoms with Crippen LogP contribution < -0.4 is 5.32 Å². The summed E-state index contributed by atoms with van der Waals surface area (Å²) in [5.41, 5.74) is 1.10. The minimum absolute atomic E-state index is 0. The van der Waals surface area contributed by atoms with Crippen LogP contribution in [0, 0.1) is 0 Å². The van der Waals surface area contributed by atoms with Gasteiger partial charge < -0.3 is 5.32 Å². The molecule has 0 aliphatic rings. The zero-order chi connectivity index (χ0) is 9.52. The van der Waals surface area contributed by atoms with E-state index in [2.05, 4.69) is 5.32 Å². The molecule has 0 atom stereocenters. The molecule has 4 heteroatoms. The first-order valence-corrected chi connectivity index (χ1v) is 4.73. The van der Waals surface area contributed by atoms with Crippen molar-refractivity contribution in [3.63, 3.8) is 0 Å². The Morgan fingerprint density at radius 3 is 2.50 bits per heavy atom. The SMILES string of the molecule is O=C(CCCl)NCc1ccccc1.[LiH]. The number of halogens is 1. The third kappa shape index (κ3) is 5.34. The third-order valence-corrected chi connectivity index (χ3v) is 1.84. The topological polar surface area (TPSA) is 29.1 Å². The van der Waals surface area contributed by atoms with E-state index >= 15 is 0 Å². The van der Waals surface area contributed by atoms with Gasteiger partial charge in [-0.2, -0.15) is 0 Å². The van der Waals surface area contributed by atoms with Crippen LogP contribution in [-0.4, -0.2) is 30.6 Å². The summed E-state index contributed by atoms with van der Waals surface area (Å²) < 4.78 is 0. The second kappa shape index (κ2) is 7.93. The van der Waals surface area contributed by atoms with Crippen LogP contribution in [-0.2, 0) is 11.3 Å².